The monoisotopic (exact) mass is 516 g/mol. The van der Waals surface area contributed by atoms with Crippen molar-refractivity contribution in [2.45, 2.75) is 103 Å². The van der Waals surface area contributed by atoms with Gasteiger partial charge in [0.05, 0.1) is 6.61 Å². The summed E-state index contributed by atoms with van der Waals surface area (Å²) in [5.41, 5.74) is 0. The van der Waals surface area contributed by atoms with Crippen LogP contribution in [0, 0.1) is 0 Å². The quantitative estimate of drug-likeness (QED) is 0.0655. The molecule has 0 rings (SSSR count). The molecule has 0 aliphatic heterocycles. The lowest BCUT2D eigenvalue weighted by atomic mass is 10.1. The zero-order valence-electron chi connectivity index (χ0n) is 19.7. The van der Waals surface area contributed by atoms with Gasteiger partial charge in [-0.2, -0.15) is 4.31 Å². The highest BCUT2D eigenvalue weighted by Crippen LogP contribution is 2.58. The van der Waals surface area contributed by atoms with Crippen LogP contribution in [0.15, 0.2) is 12.2 Å². The van der Waals surface area contributed by atoms with E-state index in [4.69, 9.17) is 19.6 Å². The van der Waals surface area contributed by atoms with Gasteiger partial charge in [0.2, 0.25) is 0 Å². The number of hydrogen-bond donors (Lipinski definition) is 4. The first-order valence-electron chi connectivity index (χ1n) is 11.8. The Balaban J connectivity index is 3.71. The van der Waals surface area contributed by atoms with Gasteiger partial charge in [-0.05, 0) is 32.1 Å². The zero-order valence-corrected chi connectivity index (χ0v) is 21.5. The van der Waals surface area contributed by atoms with Gasteiger partial charge in [0.15, 0.2) is 0 Å². The zero-order chi connectivity index (χ0) is 25.0. The highest BCUT2D eigenvalue weighted by atomic mass is 31.3. The highest BCUT2D eigenvalue weighted by molar-refractivity contribution is 7.60. The van der Waals surface area contributed by atoms with Gasteiger partial charge in [0.25, 0.3) is 0 Å². The first kappa shape index (κ1) is 32.4. The summed E-state index contributed by atoms with van der Waals surface area (Å²) in [5.74, 6) is -0.557. The Morgan fingerprint density at radius 3 is 1.88 bits per heavy atom. The van der Waals surface area contributed by atoms with Crippen molar-refractivity contribution < 1.29 is 47.3 Å². The van der Waals surface area contributed by atoms with Crippen molar-refractivity contribution in [3.63, 3.8) is 0 Å². The van der Waals surface area contributed by atoms with Crippen LogP contribution >= 0.6 is 15.6 Å². The lowest BCUT2D eigenvalue weighted by Gasteiger charge is -2.19. The van der Waals surface area contributed by atoms with E-state index >= 15 is 0 Å². The smallest absolute Gasteiger partial charge is 0.463 e. The fourth-order valence-electron chi connectivity index (χ4n) is 3.06. The van der Waals surface area contributed by atoms with Crippen LogP contribution in [0.5, 0.6) is 0 Å². The molecule has 10 nitrogen and oxygen atoms in total. The molecule has 12 heteroatoms. The average Bonchev–Trinajstić information content (AvgIpc) is 2.72. The fourth-order valence-corrected chi connectivity index (χ4v) is 4.79. The van der Waals surface area contributed by atoms with Gasteiger partial charge in [-0.25, -0.2) is 9.13 Å². The van der Waals surface area contributed by atoms with Gasteiger partial charge >= 0.3 is 21.6 Å². The highest BCUT2D eigenvalue weighted by Gasteiger charge is 2.35. The Morgan fingerprint density at radius 1 is 0.848 bits per heavy atom. The van der Waals surface area contributed by atoms with Crippen molar-refractivity contribution in [2.75, 3.05) is 13.2 Å². The summed E-state index contributed by atoms with van der Waals surface area (Å²) in [4.78, 5) is 38.1. The molecular formula is C21H42O10P2. The van der Waals surface area contributed by atoms with Crippen molar-refractivity contribution in [3.05, 3.63) is 12.2 Å². The van der Waals surface area contributed by atoms with Crippen molar-refractivity contribution in [1.29, 1.82) is 0 Å². The van der Waals surface area contributed by atoms with E-state index in [2.05, 4.69) is 27.9 Å². The molecule has 0 radical (unpaired) electrons. The molecule has 0 aliphatic rings. The molecule has 0 aromatic rings. The van der Waals surface area contributed by atoms with Crippen LogP contribution in [0.25, 0.3) is 0 Å². The summed E-state index contributed by atoms with van der Waals surface area (Å²) in [6.07, 6.45) is 18.1. The number of carbonyl (C=O) groups is 1. The van der Waals surface area contributed by atoms with Gasteiger partial charge < -0.3 is 24.5 Å². The molecule has 0 aromatic carbocycles. The molecule has 33 heavy (non-hydrogen) atoms. The minimum atomic E-state index is -5.26. The Bertz CT molecular complexity index is 620. The summed E-state index contributed by atoms with van der Waals surface area (Å²) in [5, 5.41) is 9.11. The van der Waals surface area contributed by atoms with Gasteiger partial charge in [-0.15, -0.1) is 0 Å². The maximum atomic E-state index is 11.7. The number of ether oxygens (including phenoxy) is 1. The van der Waals surface area contributed by atoms with Crippen LogP contribution in [0.3, 0.4) is 0 Å². The summed E-state index contributed by atoms with van der Waals surface area (Å²) in [6.45, 7) is 0.870. The summed E-state index contributed by atoms with van der Waals surface area (Å²) >= 11 is 0. The largest absolute Gasteiger partial charge is 0.481 e. The average molecular weight is 517 g/mol. The number of unbranched alkanes of at least 4 members (excludes halogenated alkanes) is 11. The van der Waals surface area contributed by atoms with Crippen LogP contribution in [-0.2, 0) is 27.5 Å². The summed E-state index contributed by atoms with van der Waals surface area (Å²) in [7, 11) is -10.4. The number of aliphatic hydroxyl groups excluding tert-OH is 1. The van der Waals surface area contributed by atoms with E-state index < -0.39 is 40.9 Å². The number of allylic oxidation sites excluding steroid dienone is 2. The van der Waals surface area contributed by atoms with Gasteiger partial charge in [-0.1, -0.05) is 70.4 Å². The molecule has 2 atom stereocenters. The van der Waals surface area contributed by atoms with E-state index in [-0.39, 0.29) is 6.42 Å². The number of rotatable bonds is 22. The van der Waals surface area contributed by atoms with E-state index in [1.54, 1.807) is 0 Å². The second-order valence-electron chi connectivity index (χ2n) is 7.97. The van der Waals surface area contributed by atoms with E-state index in [1.165, 1.54) is 38.5 Å². The van der Waals surface area contributed by atoms with E-state index in [9.17, 15) is 18.8 Å². The lowest BCUT2D eigenvalue weighted by molar-refractivity contribution is -0.147. The third-order valence-corrected chi connectivity index (χ3v) is 7.01. The molecule has 0 spiro atoms. The molecule has 196 valence electrons. The van der Waals surface area contributed by atoms with Crippen LogP contribution in [-0.4, -0.2) is 45.1 Å². The number of phosphoric acid groups is 2. The molecule has 0 saturated heterocycles. The van der Waals surface area contributed by atoms with E-state index in [1.807, 2.05) is 0 Å². The fraction of sp³-hybridized carbons (Fsp3) is 0.857. The first-order valence-corrected chi connectivity index (χ1v) is 14.8. The molecule has 0 saturated carbocycles. The summed E-state index contributed by atoms with van der Waals surface area (Å²) in [6, 6.07) is 0. The van der Waals surface area contributed by atoms with Crippen molar-refractivity contribution in [2.24, 2.45) is 0 Å². The second kappa shape index (κ2) is 19.7. The maximum absolute atomic E-state index is 11.7. The number of esters is 1. The number of hydrogen-bond acceptors (Lipinski definition) is 7. The molecule has 4 N–H and O–H groups in total. The topological polar surface area (TPSA) is 160 Å². The predicted octanol–water partition coefficient (Wildman–Crippen LogP) is 5.15. The second-order valence-corrected chi connectivity index (χ2v) is 10.8. The van der Waals surface area contributed by atoms with Gasteiger partial charge in [-0.3, -0.25) is 9.32 Å². The Morgan fingerprint density at radius 2 is 1.36 bits per heavy atom. The normalized spacial score (nSPS) is 14.9. The third-order valence-electron chi connectivity index (χ3n) is 4.77. The van der Waals surface area contributed by atoms with E-state index in [0.717, 1.165) is 38.5 Å². The Hall–Kier alpha value is -0.570. The lowest BCUT2D eigenvalue weighted by Crippen LogP contribution is -2.25. The number of phosphoric ester groups is 1. The van der Waals surface area contributed by atoms with Crippen LogP contribution in [0.2, 0.25) is 0 Å². The first-order chi connectivity index (χ1) is 15.6. The molecule has 2 unspecified atom stereocenters. The third kappa shape index (κ3) is 23.0. The number of aliphatic hydroxyl groups is 1. The van der Waals surface area contributed by atoms with Crippen molar-refractivity contribution in [1.82, 2.24) is 0 Å². The minimum absolute atomic E-state index is 0.159. The molecule has 0 amide bonds. The van der Waals surface area contributed by atoms with E-state index in [0.29, 0.717) is 6.42 Å². The van der Waals surface area contributed by atoms with Crippen LogP contribution in [0.4, 0.5) is 0 Å². The summed E-state index contributed by atoms with van der Waals surface area (Å²) < 4.78 is 35.0. The molecule has 0 bridgehead atoms. The maximum Gasteiger partial charge on any atom is 0.481 e. The van der Waals surface area contributed by atoms with Crippen LogP contribution < -0.4 is 0 Å². The van der Waals surface area contributed by atoms with Crippen molar-refractivity contribution >= 4 is 21.6 Å². The Labute approximate surface area is 197 Å². The predicted molar refractivity (Wildman–Crippen MR) is 125 cm³/mol. The van der Waals surface area contributed by atoms with Gasteiger partial charge in [0, 0.05) is 6.42 Å². The molecular weight excluding hydrogens is 474 g/mol. The standard InChI is InChI=1S/C21H42O10P2/c1-2-3-4-5-6-7-8-9-10-11-12-13-14-15-16-17-21(23)29-19-20(18-22)30-33(27,28)31-32(24,25)26/h9-10,20,22H,2-8,11-19H2,1H3,(H,27,28)(H2,24,25,26). The molecule has 0 aromatic heterocycles. The number of carbonyl (C=O) groups excluding carboxylic acids is 1. The molecule has 0 heterocycles. The molecule has 0 aliphatic carbocycles. The molecule has 0 fully saturated rings. The minimum Gasteiger partial charge on any atom is -0.463 e. The van der Waals surface area contributed by atoms with Crippen LogP contribution in [0.1, 0.15) is 96.8 Å². The van der Waals surface area contributed by atoms with Crippen molar-refractivity contribution in [3.8, 4) is 0 Å². The SMILES string of the molecule is CCCCCCCCC=CCCCCCCCC(=O)OCC(CO)OP(=O)(O)OP(=O)(O)O. The van der Waals surface area contributed by atoms with Gasteiger partial charge in [0.1, 0.15) is 12.7 Å². The Kier molecular flexibility index (Phi) is 19.4.